The standard InChI is InChI=1S/C14H10ClNOS/c15-10-6-4-9(5-7-10)8-13-16-14-11(17)2-1-3-12(14)18-13/h1-7,17H,8H2. The van der Waals surface area contributed by atoms with Gasteiger partial charge in [-0.05, 0) is 29.8 Å². The second kappa shape index (κ2) is 4.59. The van der Waals surface area contributed by atoms with Crippen LogP contribution in [0, 0.1) is 0 Å². The van der Waals surface area contributed by atoms with Crippen molar-refractivity contribution in [1.82, 2.24) is 4.98 Å². The number of benzene rings is 2. The fraction of sp³-hybridized carbons (Fsp3) is 0.0714. The monoisotopic (exact) mass is 275 g/mol. The summed E-state index contributed by atoms with van der Waals surface area (Å²) >= 11 is 7.46. The van der Waals surface area contributed by atoms with Crippen LogP contribution >= 0.6 is 22.9 Å². The van der Waals surface area contributed by atoms with Gasteiger partial charge in [0, 0.05) is 11.4 Å². The summed E-state index contributed by atoms with van der Waals surface area (Å²) in [4.78, 5) is 4.47. The highest BCUT2D eigenvalue weighted by molar-refractivity contribution is 7.18. The molecule has 0 radical (unpaired) electrons. The molecular formula is C14H10ClNOS. The molecule has 1 aromatic heterocycles. The van der Waals surface area contributed by atoms with Crippen LogP contribution in [0.15, 0.2) is 42.5 Å². The fourth-order valence-electron chi connectivity index (χ4n) is 1.83. The van der Waals surface area contributed by atoms with E-state index in [1.165, 1.54) is 0 Å². The van der Waals surface area contributed by atoms with E-state index in [9.17, 15) is 5.11 Å². The number of phenols is 1. The van der Waals surface area contributed by atoms with Gasteiger partial charge in [-0.15, -0.1) is 11.3 Å². The van der Waals surface area contributed by atoms with Crippen LogP contribution in [-0.2, 0) is 6.42 Å². The van der Waals surface area contributed by atoms with Gasteiger partial charge in [0.25, 0.3) is 0 Å². The third kappa shape index (κ3) is 2.19. The minimum absolute atomic E-state index is 0.242. The lowest BCUT2D eigenvalue weighted by Gasteiger charge is -1.97. The van der Waals surface area contributed by atoms with E-state index in [1.54, 1.807) is 17.4 Å². The van der Waals surface area contributed by atoms with E-state index in [2.05, 4.69) is 4.98 Å². The van der Waals surface area contributed by atoms with E-state index >= 15 is 0 Å². The Morgan fingerprint density at radius 3 is 2.61 bits per heavy atom. The Balaban J connectivity index is 1.95. The molecule has 90 valence electrons. The summed E-state index contributed by atoms with van der Waals surface area (Å²) in [7, 11) is 0. The maximum Gasteiger partial charge on any atom is 0.142 e. The van der Waals surface area contributed by atoms with Crippen LogP contribution in [0.5, 0.6) is 5.75 Å². The lowest BCUT2D eigenvalue weighted by atomic mass is 10.2. The normalized spacial score (nSPS) is 10.9. The summed E-state index contributed by atoms with van der Waals surface area (Å²) in [6.07, 6.45) is 0.760. The summed E-state index contributed by atoms with van der Waals surface area (Å²) in [6.45, 7) is 0. The molecule has 0 atom stereocenters. The Morgan fingerprint density at radius 2 is 1.89 bits per heavy atom. The molecule has 0 unspecified atom stereocenters. The molecule has 0 aliphatic heterocycles. The van der Waals surface area contributed by atoms with Crippen molar-refractivity contribution >= 4 is 33.2 Å². The molecule has 1 N–H and O–H groups in total. The maximum absolute atomic E-state index is 9.71. The summed E-state index contributed by atoms with van der Waals surface area (Å²) < 4.78 is 1.01. The summed E-state index contributed by atoms with van der Waals surface area (Å²) in [5.74, 6) is 0.242. The smallest absolute Gasteiger partial charge is 0.142 e. The average Bonchev–Trinajstić information content (AvgIpc) is 2.76. The Bertz CT molecular complexity index is 691. The van der Waals surface area contributed by atoms with Crippen LogP contribution in [-0.4, -0.2) is 10.1 Å². The van der Waals surface area contributed by atoms with E-state index in [-0.39, 0.29) is 5.75 Å². The molecule has 18 heavy (non-hydrogen) atoms. The molecule has 0 aliphatic carbocycles. The number of fused-ring (bicyclic) bond motifs is 1. The predicted octanol–water partition coefficient (Wildman–Crippen LogP) is 4.25. The number of halogens is 1. The van der Waals surface area contributed by atoms with E-state index in [0.29, 0.717) is 5.52 Å². The lowest BCUT2D eigenvalue weighted by Crippen LogP contribution is -1.85. The number of hydrogen-bond donors (Lipinski definition) is 1. The van der Waals surface area contributed by atoms with E-state index in [1.807, 2.05) is 36.4 Å². The van der Waals surface area contributed by atoms with Crippen molar-refractivity contribution in [1.29, 1.82) is 0 Å². The molecule has 0 bridgehead atoms. The third-order valence-electron chi connectivity index (χ3n) is 2.71. The topological polar surface area (TPSA) is 33.1 Å². The average molecular weight is 276 g/mol. The zero-order valence-electron chi connectivity index (χ0n) is 9.43. The van der Waals surface area contributed by atoms with Crippen LogP contribution in [0.4, 0.5) is 0 Å². The molecule has 0 aliphatic rings. The molecule has 3 aromatic rings. The predicted molar refractivity (Wildman–Crippen MR) is 75.5 cm³/mol. The summed E-state index contributed by atoms with van der Waals surface area (Å²) in [5.41, 5.74) is 1.85. The number of thiazole rings is 1. The third-order valence-corrected chi connectivity index (χ3v) is 3.98. The molecule has 3 rings (SSSR count). The molecule has 0 saturated carbocycles. The molecule has 2 nitrogen and oxygen atoms in total. The van der Waals surface area contributed by atoms with Gasteiger partial charge in [0.05, 0.1) is 9.71 Å². The second-order valence-corrected chi connectivity index (χ2v) is 5.59. The first kappa shape index (κ1) is 11.5. The van der Waals surface area contributed by atoms with Gasteiger partial charge in [0.2, 0.25) is 0 Å². The van der Waals surface area contributed by atoms with Gasteiger partial charge in [-0.2, -0.15) is 0 Å². The van der Waals surface area contributed by atoms with E-state index in [0.717, 1.165) is 26.7 Å². The number of nitrogens with zero attached hydrogens (tertiary/aromatic N) is 1. The van der Waals surface area contributed by atoms with Crippen molar-refractivity contribution in [3.05, 3.63) is 58.1 Å². The van der Waals surface area contributed by atoms with E-state index < -0.39 is 0 Å². The SMILES string of the molecule is Oc1cccc2sc(Cc3ccc(Cl)cc3)nc12. The van der Waals surface area contributed by atoms with Gasteiger partial charge in [0.1, 0.15) is 11.3 Å². The molecular weight excluding hydrogens is 266 g/mol. The van der Waals surface area contributed by atoms with Gasteiger partial charge in [-0.25, -0.2) is 4.98 Å². The Hall–Kier alpha value is -1.58. The lowest BCUT2D eigenvalue weighted by molar-refractivity contribution is 0.480. The first-order valence-corrected chi connectivity index (χ1v) is 6.74. The second-order valence-electron chi connectivity index (χ2n) is 4.03. The number of hydrogen-bond acceptors (Lipinski definition) is 3. The number of phenolic OH excluding ortho intramolecular Hbond substituents is 1. The highest BCUT2D eigenvalue weighted by atomic mass is 35.5. The first-order valence-electron chi connectivity index (χ1n) is 5.54. The van der Waals surface area contributed by atoms with E-state index in [4.69, 9.17) is 11.6 Å². The van der Waals surface area contributed by atoms with Gasteiger partial charge < -0.3 is 5.11 Å². The van der Waals surface area contributed by atoms with Gasteiger partial charge >= 0.3 is 0 Å². The largest absolute Gasteiger partial charge is 0.506 e. The summed E-state index contributed by atoms with van der Waals surface area (Å²) in [6, 6.07) is 13.2. The maximum atomic E-state index is 9.71. The number of para-hydroxylation sites is 1. The number of rotatable bonds is 2. The molecule has 0 spiro atoms. The highest BCUT2D eigenvalue weighted by Gasteiger charge is 2.07. The molecule has 0 amide bonds. The van der Waals surface area contributed by atoms with Gasteiger partial charge in [-0.1, -0.05) is 29.8 Å². The van der Waals surface area contributed by atoms with Gasteiger partial charge in [0.15, 0.2) is 0 Å². The van der Waals surface area contributed by atoms with Crippen molar-refractivity contribution in [2.24, 2.45) is 0 Å². The van der Waals surface area contributed by atoms with Crippen molar-refractivity contribution in [2.75, 3.05) is 0 Å². The summed E-state index contributed by atoms with van der Waals surface area (Å²) in [5, 5.41) is 11.4. The van der Waals surface area contributed by atoms with Crippen LogP contribution in [0.2, 0.25) is 5.02 Å². The van der Waals surface area contributed by atoms with Gasteiger partial charge in [-0.3, -0.25) is 0 Å². The first-order chi connectivity index (χ1) is 8.72. The van der Waals surface area contributed by atoms with Crippen LogP contribution in [0.25, 0.3) is 10.2 Å². The Morgan fingerprint density at radius 1 is 1.11 bits per heavy atom. The van der Waals surface area contributed by atoms with Crippen molar-refractivity contribution in [3.8, 4) is 5.75 Å². The number of aromatic nitrogens is 1. The zero-order chi connectivity index (χ0) is 12.5. The molecule has 2 aromatic carbocycles. The number of aromatic hydroxyl groups is 1. The minimum Gasteiger partial charge on any atom is -0.506 e. The fourth-order valence-corrected chi connectivity index (χ4v) is 2.98. The van der Waals surface area contributed by atoms with Crippen LogP contribution < -0.4 is 0 Å². The quantitative estimate of drug-likeness (QED) is 0.759. The molecule has 0 fully saturated rings. The van der Waals surface area contributed by atoms with Crippen molar-refractivity contribution in [3.63, 3.8) is 0 Å². The Kier molecular flexibility index (Phi) is 2.94. The minimum atomic E-state index is 0.242. The van der Waals surface area contributed by atoms with Crippen LogP contribution in [0.1, 0.15) is 10.6 Å². The molecule has 4 heteroatoms. The zero-order valence-corrected chi connectivity index (χ0v) is 11.0. The van der Waals surface area contributed by atoms with Crippen molar-refractivity contribution < 1.29 is 5.11 Å². The molecule has 1 heterocycles. The highest BCUT2D eigenvalue weighted by Crippen LogP contribution is 2.29. The van der Waals surface area contributed by atoms with Crippen LogP contribution in [0.3, 0.4) is 0 Å². The Labute approximate surface area is 113 Å². The van der Waals surface area contributed by atoms with Crippen molar-refractivity contribution in [2.45, 2.75) is 6.42 Å². The molecule has 0 saturated heterocycles.